The number of hydrogen-bond donors (Lipinski definition) is 0. The summed E-state index contributed by atoms with van der Waals surface area (Å²) < 4.78 is 26.9. The predicted octanol–water partition coefficient (Wildman–Crippen LogP) is 4.21. The minimum Gasteiger partial charge on any atom is -0.294 e. The quantitative estimate of drug-likeness (QED) is 0.722. The Kier molecular flexibility index (Phi) is 5.50. The van der Waals surface area contributed by atoms with Gasteiger partial charge in [0.1, 0.15) is 11.6 Å². The van der Waals surface area contributed by atoms with Gasteiger partial charge in [0.2, 0.25) is 0 Å². The smallest absolute Gasteiger partial charge is 0.127 e. The zero-order chi connectivity index (χ0) is 14.4. The second-order valence-electron chi connectivity index (χ2n) is 4.62. The van der Waals surface area contributed by atoms with E-state index in [1.54, 1.807) is 0 Å². The minimum absolute atomic E-state index is 0.338. The summed E-state index contributed by atoms with van der Waals surface area (Å²) in [7, 11) is 0. The van der Waals surface area contributed by atoms with E-state index in [-0.39, 0.29) is 5.82 Å². The molecule has 1 nitrogen and oxygen atoms in total. The molecule has 2 aromatic rings. The molecule has 0 N–H and O–H groups in total. The number of hydrogen-bond acceptors (Lipinski definition) is 1. The van der Waals surface area contributed by atoms with Crippen LogP contribution in [0.25, 0.3) is 0 Å². The summed E-state index contributed by atoms with van der Waals surface area (Å²) in [6.45, 7) is 1.61. The first-order valence-electron chi connectivity index (χ1n) is 6.45. The van der Waals surface area contributed by atoms with Gasteiger partial charge in [0, 0.05) is 31.1 Å². The monoisotopic (exact) mass is 295 g/mol. The molecule has 0 aliphatic rings. The number of benzene rings is 2. The Hall–Kier alpha value is -1.45. The SMILES string of the molecule is Fc1ccc(F)c(CN(CCCl)Cc2ccccc2)c1. The molecule has 2 rings (SSSR count). The number of halogens is 3. The molecule has 0 atom stereocenters. The Labute approximate surface area is 122 Å². The summed E-state index contributed by atoms with van der Waals surface area (Å²) in [5.41, 5.74) is 1.47. The van der Waals surface area contributed by atoms with Crippen molar-refractivity contribution in [2.24, 2.45) is 0 Å². The third-order valence-electron chi connectivity index (χ3n) is 3.05. The standard InChI is InChI=1S/C16H16ClF2N/c17-8-9-20(11-13-4-2-1-3-5-13)12-14-10-15(18)6-7-16(14)19/h1-7,10H,8-9,11-12H2. The molecule has 0 aromatic heterocycles. The molecule has 0 aliphatic heterocycles. The van der Waals surface area contributed by atoms with Crippen LogP contribution < -0.4 is 0 Å². The van der Waals surface area contributed by atoms with Gasteiger partial charge in [-0.2, -0.15) is 0 Å². The summed E-state index contributed by atoms with van der Waals surface area (Å²) in [6.07, 6.45) is 0. The fourth-order valence-corrected chi connectivity index (χ4v) is 2.32. The van der Waals surface area contributed by atoms with Crippen LogP contribution in [0.15, 0.2) is 48.5 Å². The Bertz CT molecular complexity index is 545. The molecule has 0 bridgehead atoms. The predicted molar refractivity (Wildman–Crippen MR) is 77.6 cm³/mol. The molecule has 0 amide bonds. The maximum absolute atomic E-state index is 13.7. The van der Waals surface area contributed by atoms with Gasteiger partial charge in [0.25, 0.3) is 0 Å². The van der Waals surface area contributed by atoms with Crippen molar-refractivity contribution in [1.29, 1.82) is 0 Å². The third kappa shape index (κ3) is 4.29. The van der Waals surface area contributed by atoms with E-state index in [4.69, 9.17) is 11.6 Å². The molecule has 0 fully saturated rings. The minimum atomic E-state index is -0.424. The topological polar surface area (TPSA) is 3.24 Å². The van der Waals surface area contributed by atoms with Gasteiger partial charge in [-0.1, -0.05) is 30.3 Å². The molecule has 0 heterocycles. The number of alkyl halides is 1. The van der Waals surface area contributed by atoms with Crippen LogP contribution in [0.5, 0.6) is 0 Å². The molecule has 0 saturated heterocycles. The Balaban J connectivity index is 2.11. The van der Waals surface area contributed by atoms with Crippen molar-refractivity contribution in [3.63, 3.8) is 0 Å². The number of rotatable bonds is 6. The zero-order valence-corrected chi connectivity index (χ0v) is 11.8. The zero-order valence-electron chi connectivity index (χ0n) is 11.0. The van der Waals surface area contributed by atoms with E-state index >= 15 is 0 Å². The van der Waals surface area contributed by atoms with Gasteiger partial charge in [0.05, 0.1) is 0 Å². The van der Waals surface area contributed by atoms with Crippen molar-refractivity contribution in [3.05, 3.63) is 71.3 Å². The van der Waals surface area contributed by atoms with Crippen molar-refractivity contribution in [3.8, 4) is 0 Å². The molecule has 0 unspecified atom stereocenters. The normalized spacial score (nSPS) is 11.0. The highest BCUT2D eigenvalue weighted by Gasteiger charge is 2.10. The Morgan fingerprint density at radius 1 is 0.950 bits per heavy atom. The fourth-order valence-electron chi connectivity index (χ4n) is 2.08. The molecule has 0 spiro atoms. The molecule has 0 saturated carbocycles. The van der Waals surface area contributed by atoms with Crippen LogP contribution in [0.1, 0.15) is 11.1 Å². The first-order valence-corrected chi connectivity index (χ1v) is 6.98. The van der Waals surface area contributed by atoms with Gasteiger partial charge in [-0.15, -0.1) is 11.6 Å². The molecule has 106 valence electrons. The van der Waals surface area contributed by atoms with Crippen LogP contribution in [-0.2, 0) is 13.1 Å². The second kappa shape index (κ2) is 7.36. The lowest BCUT2D eigenvalue weighted by molar-refractivity contribution is 0.268. The van der Waals surface area contributed by atoms with Crippen LogP contribution >= 0.6 is 11.6 Å². The second-order valence-corrected chi connectivity index (χ2v) is 5.00. The molecular formula is C16H16ClF2N. The van der Waals surface area contributed by atoms with Gasteiger partial charge in [-0.25, -0.2) is 8.78 Å². The summed E-state index contributed by atoms with van der Waals surface area (Å²) in [5.74, 6) is -0.366. The summed E-state index contributed by atoms with van der Waals surface area (Å²) in [5, 5.41) is 0. The van der Waals surface area contributed by atoms with Crippen LogP contribution in [-0.4, -0.2) is 17.3 Å². The maximum atomic E-state index is 13.7. The Morgan fingerprint density at radius 3 is 2.40 bits per heavy atom. The van der Waals surface area contributed by atoms with Crippen LogP contribution in [0, 0.1) is 11.6 Å². The lowest BCUT2D eigenvalue weighted by Crippen LogP contribution is -2.25. The van der Waals surface area contributed by atoms with Gasteiger partial charge in [-0.05, 0) is 23.8 Å². The highest BCUT2D eigenvalue weighted by atomic mass is 35.5. The van der Waals surface area contributed by atoms with E-state index in [0.717, 1.165) is 17.7 Å². The molecule has 0 aliphatic carbocycles. The van der Waals surface area contributed by atoms with Crippen molar-refractivity contribution < 1.29 is 8.78 Å². The summed E-state index contributed by atoms with van der Waals surface area (Å²) in [6, 6.07) is 13.4. The molecule has 4 heteroatoms. The van der Waals surface area contributed by atoms with Crippen LogP contribution in [0.2, 0.25) is 0 Å². The van der Waals surface area contributed by atoms with Crippen molar-refractivity contribution in [1.82, 2.24) is 4.90 Å². The lowest BCUT2D eigenvalue weighted by Gasteiger charge is -2.21. The van der Waals surface area contributed by atoms with Crippen LogP contribution in [0.4, 0.5) is 8.78 Å². The first kappa shape index (κ1) is 14.9. The van der Waals surface area contributed by atoms with Crippen molar-refractivity contribution >= 4 is 11.6 Å². The van der Waals surface area contributed by atoms with Gasteiger partial charge in [-0.3, -0.25) is 4.90 Å². The molecule has 0 radical (unpaired) electrons. The maximum Gasteiger partial charge on any atom is 0.127 e. The summed E-state index contributed by atoms with van der Waals surface area (Å²) in [4.78, 5) is 2.00. The van der Waals surface area contributed by atoms with E-state index in [9.17, 15) is 8.78 Å². The van der Waals surface area contributed by atoms with E-state index < -0.39 is 5.82 Å². The number of nitrogens with zero attached hydrogens (tertiary/aromatic N) is 1. The molecule has 20 heavy (non-hydrogen) atoms. The fraction of sp³-hybridized carbons (Fsp3) is 0.250. The average molecular weight is 296 g/mol. The van der Waals surface area contributed by atoms with E-state index in [1.165, 1.54) is 6.07 Å². The Morgan fingerprint density at radius 2 is 1.70 bits per heavy atom. The third-order valence-corrected chi connectivity index (χ3v) is 3.22. The van der Waals surface area contributed by atoms with Crippen molar-refractivity contribution in [2.45, 2.75) is 13.1 Å². The van der Waals surface area contributed by atoms with Crippen molar-refractivity contribution in [2.75, 3.05) is 12.4 Å². The average Bonchev–Trinajstić information content (AvgIpc) is 2.44. The first-order chi connectivity index (χ1) is 9.69. The highest BCUT2D eigenvalue weighted by molar-refractivity contribution is 6.18. The summed E-state index contributed by atoms with van der Waals surface area (Å²) >= 11 is 5.79. The van der Waals surface area contributed by atoms with Crippen LogP contribution in [0.3, 0.4) is 0 Å². The van der Waals surface area contributed by atoms with E-state index in [1.807, 2.05) is 35.2 Å². The van der Waals surface area contributed by atoms with E-state index in [0.29, 0.717) is 31.1 Å². The highest BCUT2D eigenvalue weighted by Crippen LogP contribution is 2.14. The largest absolute Gasteiger partial charge is 0.294 e. The lowest BCUT2D eigenvalue weighted by atomic mass is 10.1. The van der Waals surface area contributed by atoms with E-state index in [2.05, 4.69) is 0 Å². The van der Waals surface area contributed by atoms with Gasteiger partial charge < -0.3 is 0 Å². The van der Waals surface area contributed by atoms with Gasteiger partial charge in [0.15, 0.2) is 0 Å². The molecular weight excluding hydrogens is 280 g/mol. The molecule has 2 aromatic carbocycles. The van der Waals surface area contributed by atoms with Gasteiger partial charge >= 0.3 is 0 Å².